The number of fused-ring (bicyclic) bond motifs is 1. The number of esters is 1. The van der Waals surface area contributed by atoms with Crippen molar-refractivity contribution in [3.05, 3.63) is 28.8 Å². The summed E-state index contributed by atoms with van der Waals surface area (Å²) in [6, 6.07) is 3.33. The summed E-state index contributed by atoms with van der Waals surface area (Å²) in [4.78, 5) is 12.4. The first-order valence-electron chi connectivity index (χ1n) is 7.41. The Labute approximate surface area is 126 Å². The van der Waals surface area contributed by atoms with E-state index >= 15 is 0 Å². The van der Waals surface area contributed by atoms with Crippen LogP contribution in [0.2, 0.25) is 0 Å². The fourth-order valence-corrected chi connectivity index (χ4v) is 4.37. The largest absolute Gasteiger partial charge is 0.462 e. The van der Waals surface area contributed by atoms with Crippen LogP contribution in [0.3, 0.4) is 0 Å². The van der Waals surface area contributed by atoms with E-state index in [9.17, 15) is 13.2 Å². The van der Waals surface area contributed by atoms with E-state index in [-0.39, 0.29) is 11.7 Å². The number of carbonyl (C=O) groups is 1. The molecule has 1 aliphatic heterocycles. The summed E-state index contributed by atoms with van der Waals surface area (Å²) < 4.78 is 29.6. The molecule has 0 saturated carbocycles. The zero-order valence-electron chi connectivity index (χ0n) is 12.8. The maximum absolute atomic E-state index is 12.2. The van der Waals surface area contributed by atoms with E-state index in [2.05, 4.69) is 0 Å². The average Bonchev–Trinajstić information content (AvgIpc) is 2.43. The van der Waals surface area contributed by atoms with Gasteiger partial charge in [-0.2, -0.15) is 0 Å². The molecule has 4 nitrogen and oxygen atoms in total. The number of hydrogen-bond acceptors (Lipinski definition) is 4. The van der Waals surface area contributed by atoms with Gasteiger partial charge in [0.15, 0.2) is 9.84 Å². The minimum absolute atomic E-state index is 0.147. The van der Waals surface area contributed by atoms with Gasteiger partial charge in [-0.3, -0.25) is 0 Å². The highest BCUT2D eigenvalue weighted by atomic mass is 32.2. The monoisotopic (exact) mass is 310 g/mol. The molecule has 5 heteroatoms. The number of carbonyl (C=O) groups excluding carboxylic acids is 1. The van der Waals surface area contributed by atoms with Gasteiger partial charge in [0.25, 0.3) is 0 Å². The molecule has 0 bridgehead atoms. The lowest BCUT2D eigenvalue weighted by Gasteiger charge is -2.23. The number of unbranched alkanes of at least 4 members (excludes halogenated alkanes) is 1. The molecule has 0 aromatic heterocycles. The van der Waals surface area contributed by atoms with Crippen LogP contribution >= 0.6 is 0 Å². The normalized spacial score (nSPS) is 19.9. The number of rotatable bonds is 4. The summed E-state index contributed by atoms with van der Waals surface area (Å²) in [6.45, 7) is 6.23. The molecular weight excluding hydrogens is 288 g/mol. The Balaban J connectivity index is 2.39. The van der Waals surface area contributed by atoms with Gasteiger partial charge in [-0.1, -0.05) is 26.3 Å². The number of ether oxygens (including phenoxy) is 1. The molecule has 0 saturated heterocycles. The van der Waals surface area contributed by atoms with Crippen molar-refractivity contribution < 1.29 is 17.9 Å². The predicted molar refractivity (Wildman–Crippen MR) is 81.5 cm³/mol. The van der Waals surface area contributed by atoms with Crippen LogP contribution in [0.5, 0.6) is 0 Å². The molecule has 0 radical (unpaired) electrons. The summed E-state index contributed by atoms with van der Waals surface area (Å²) >= 11 is 0. The van der Waals surface area contributed by atoms with Crippen molar-refractivity contribution in [1.82, 2.24) is 0 Å². The fourth-order valence-electron chi connectivity index (χ4n) is 2.57. The van der Waals surface area contributed by atoms with Gasteiger partial charge in [-0.25, -0.2) is 13.2 Å². The van der Waals surface area contributed by atoms with Crippen molar-refractivity contribution in [3.8, 4) is 0 Å². The van der Waals surface area contributed by atoms with E-state index in [1.165, 1.54) is 6.07 Å². The maximum Gasteiger partial charge on any atom is 0.338 e. The van der Waals surface area contributed by atoms with E-state index in [0.717, 1.165) is 24.0 Å². The maximum atomic E-state index is 12.2. The molecular formula is C16H22O4S. The van der Waals surface area contributed by atoms with E-state index in [0.29, 0.717) is 23.5 Å². The average molecular weight is 310 g/mol. The third kappa shape index (κ3) is 3.28. The molecule has 1 aromatic carbocycles. The van der Waals surface area contributed by atoms with Gasteiger partial charge < -0.3 is 4.74 Å². The van der Waals surface area contributed by atoms with Crippen LogP contribution in [0.25, 0.3) is 0 Å². The van der Waals surface area contributed by atoms with Crippen molar-refractivity contribution in [1.29, 1.82) is 0 Å². The summed E-state index contributed by atoms with van der Waals surface area (Å²) in [5.74, 6) is -0.0845. The Morgan fingerprint density at radius 1 is 1.38 bits per heavy atom. The van der Waals surface area contributed by atoms with Crippen LogP contribution in [0.1, 0.15) is 60.5 Å². The molecule has 1 aromatic rings. The predicted octanol–water partition coefficient (Wildman–Crippen LogP) is 3.23. The van der Waals surface area contributed by atoms with Crippen molar-refractivity contribution in [3.63, 3.8) is 0 Å². The molecule has 0 N–H and O–H groups in total. The quantitative estimate of drug-likeness (QED) is 0.633. The standard InChI is InChI=1S/C16H22O4S/c1-4-5-7-20-16(17)14-10-15-13(9-12(14)3)11(2)6-8-21(15,18)19/h9-11H,4-8H2,1-3H3. The third-order valence-electron chi connectivity index (χ3n) is 3.99. The van der Waals surface area contributed by atoms with Crippen LogP contribution < -0.4 is 0 Å². The second kappa shape index (κ2) is 6.18. The number of sulfone groups is 1. The lowest BCUT2D eigenvalue weighted by molar-refractivity contribution is 0.0498. The molecule has 1 unspecified atom stereocenters. The molecule has 0 amide bonds. The molecule has 1 atom stereocenters. The van der Waals surface area contributed by atoms with Gasteiger partial charge in [0.1, 0.15) is 0 Å². The first-order valence-corrected chi connectivity index (χ1v) is 9.06. The lowest BCUT2D eigenvalue weighted by Crippen LogP contribution is -2.20. The van der Waals surface area contributed by atoms with Gasteiger partial charge in [-0.05, 0) is 42.9 Å². The summed E-state index contributed by atoms with van der Waals surface area (Å²) in [5, 5.41) is 0. The van der Waals surface area contributed by atoms with E-state index in [1.54, 1.807) is 0 Å². The smallest absolute Gasteiger partial charge is 0.338 e. The van der Waals surface area contributed by atoms with Gasteiger partial charge >= 0.3 is 5.97 Å². The minimum atomic E-state index is -3.28. The molecule has 0 aliphatic carbocycles. The highest BCUT2D eigenvalue weighted by Gasteiger charge is 2.30. The SMILES string of the molecule is CCCCOC(=O)c1cc2c(cc1C)C(C)CCS2(=O)=O. The highest BCUT2D eigenvalue weighted by Crippen LogP contribution is 2.35. The summed E-state index contributed by atoms with van der Waals surface area (Å²) in [5.41, 5.74) is 1.96. The van der Waals surface area contributed by atoms with Gasteiger partial charge in [-0.15, -0.1) is 0 Å². The van der Waals surface area contributed by atoms with E-state index in [4.69, 9.17) is 4.74 Å². The Morgan fingerprint density at radius 2 is 2.10 bits per heavy atom. The Bertz CT molecular complexity index is 646. The molecule has 21 heavy (non-hydrogen) atoms. The Morgan fingerprint density at radius 3 is 2.76 bits per heavy atom. The van der Waals surface area contributed by atoms with Crippen molar-refractivity contribution >= 4 is 15.8 Å². The van der Waals surface area contributed by atoms with Crippen LogP contribution in [-0.2, 0) is 14.6 Å². The number of benzene rings is 1. The lowest BCUT2D eigenvalue weighted by atomic mass is 9.94. The molecule has 0 spiro atoms. The number of hydrogen-bond donors (Lipinski definition) is 0. The first kappa shape index (κ1) is 16.0. The molecule has 1 aliphatic rings. The zero-order valence-corrected chi connectivity index (χ0v) is 13.6. The topological polar surface area (TPSA) is 60.4 Å². The Kier molecular flexibility index (Phi) is 4.71. The molecule has 116 valence electrons. The van der Waals surface area contributed by atoms with Gasteiger partial charge in [0.05, 0.1) is 22.8 Å². The van der Waals surface area contributed by atoms with Crippen LogP contribution in [0.15, 0.2) is 17.0 Å². The minimum Gasteiger partial charge on any atom is -0.462 e. The van der Waals surface area contributed by atoms with Crippen LogP contribution in [-0.4, -0.2) is 26.7 Å². The fraction of sp³-hybridized carbons (Fsp3) is 0.562. The summed E-state index contributed by atoms with van der Waals surface area (Å²) in [7, 11) is -3.28. The highest BCUT2D eigenvalue weighted by molar-refractivity contribution is 7.91. The second-order valence-electron chi connectivity index (χ2n) is 5.70. The van der Waals surface area contributed by atoms with Crippen molar-refractivity contribution in [2.45, 2.75) is 50.8 Å². The molecule has 2 rings (SSSR count). The van der Waals surface area contributed by atoms with E-state index < -0.39 is 15.8 Å². The van der Waals surface area contributed by atoms with Gasteiger partial charge in [0.2, 0.25) is 0 Å². The van der Waals surface area contributed by atoms with E-state index in [1.807, 2.05) is 26.8 Å². The molecule has 1 heterocycles. The Hall–Kier alpha value is -1.36. The zero-order chi connectivity index (χ0) is 15.6. The van der Waals surface area contributed by atoms with Gasteiger partial charge in [0, 0.05) is 0 Å². The summed E-state index contributed by atoms with van der Waals surface area (Å²) in [6.07, 6.45) is 2.39. The third-order valence-corrected chi connectivity index (χ3v) is 5.79. The number of aryl methyl sites for hydroxylation is 1. The van der Waals surface area contributed by atoms with Crippen LogP contribution in [0.4, 0.5) is 0 Å². The van der Waals surface area contributed by atoms with Crippen molar-refractivity contribution in [2.24, 2.45) is 0 Å². The second-order valence-corrected chi connectivity index (χ2v) is 7.78. The molecule has 0 fully saturated rings. The van der Waals surface area contributed by atoms with Crippen LogP contribution in [0, 0.1) is 6.92 Å². The first-order chi connectivity index (χ1) is 9.86. The van der Waals surface area contributed by atoms with Crippen molar-refractivity contribution in [2.75, 3.05) is 12.4 Å².